The molecule has 0 aliphatic carbocycles. The molecule has 0 spiro atoms. The number of hydrogen-bond acceptors (Lipinski definition) is 4. The van der Waals surface area contributed by atoms with Crippen LogP contribution < -0.4 is 10.1 Å². The van der Waals surface area contributed by atoms with Crippen molar-refractivity contribution in [2.24, 2.45) is 0 Å². The highest BCUT2D eigenvalue weighted by Crippen LogP contribution is 2.18. The standard InChI is InChI=1S/C19H19FN4O2/c20-16-7-4-15(5-8-16)6-9-19(25)23-17-2-1-3-18(12-17)26-11-10-24-14-21-13-22-24/h1-5,7-8,12-14H,6,9-11H2,(H,23,25). The lowest BCUT2D eigenvalue weighted by atomic mass is 10.1. The molecule has 0 fully saturated rings. The Labute approximate surface area is 150 Å². The lowest BCUT2D eigenvalue weighted by Gasteiger charge is -2.09. The van der Waals surface area contributed by atoms with E-state index in [0.29, 0.717) is 37.4 Å². The molecule has 6 nitrogen and oxygen atoms in total. The third kappa shape index (κ3) is 5.41. The fourth-order valence-electron chi connectivity index (χ4n) is 2.40. The van der Waals surface area contributed by atoms with E-state index >= 15 is 0 Å². The molecule has 0 bridgehead atoms. The number of nitrogens with one attached hydrogen (secondary N) is 1. The van der Waals surface area contributed by atoms with E-state index < -0.39 is 0 Å². The SMILES string of the molecule is O=C(CCc1ccc(F)cc1)Nc1cccc(OCCn2cncn2)c1. The Morgan fingerprint density at radius 1 is 1.19 bits per heavy atom. The number of carbonyl (C=O) groups excluding carboxylic acids is 1. The van der Waals surface area contributed by atoms with Crippen LogP contribution in [0.5, 0.6) is 5.75 Å². The highest BCUT2D eigenvalue weighted by molar-refractivity contribution is 5.91. The smallest absolute Gasteiger partial charge is 0.224 e. The van der Waals surface area contributed by atoms with Crippen LogP contribution in [-0.4, -0.2) is 27.3 Å². The quantitative estimate of drug-likeness (QED) is 0.675. The van der Waals surface area contributed by atoms with Crippen LogP contribution in [0.15, 0.2) is 61.2 Å². The number of amides is 1. The van der Waals surface area contributed by atoms with Crippen molar-refractivity contribution >= 4 is 11.6 Å². The van der Waals surface area contributed by atoms with Crippen molar-refractivity contribution in [3.63, 3.8) is 0 Å². The van der Waals surface area contributed by atoms with E-state index in [4.69, 9.17) is 4.74 Å². The highest BCUT2D eigenvalue weighted by Gasteiger charge is 2.05. The van der Waals surface area contributed by atoms with Crippen LogP contribution in [0, 0.1) is 5.82 Å². The molecule has 0 radical (unpaired) electrons. The van der Waals surface area contributed by atoms with Gasteiger partial charge in [0.25, 0.3) is 0 Å². The molecule has 1 amide bonds. The molecule has 0 atom stereocenters. The normalized spacial score (nSPS) is 10.5. The van der Waals surface area contributed by atoms with E-state index in [9.17, 15) is 9.18 Å². The first kappa shape index (κ1) is 17.6. The van der Waals surface area contributed by atoms with E-state index in [1.807, 2.05) is 12.1 Å². The van der Waals surface area contributed by atoms with Gasteiger partial charge in [-0.05, 0) is 36.2 Å². The maximum absolute atomic E-state index is 12.9. The summed E-state index contributed by atoms with van der Waals surface area (Å²) in [7, 11) is 0. The number of aromatic nitrogens is 3. The van der Waals surface area contributed by atoms with Gasteiger partial charge in [-0.2, -0.15) is 5.10 Å². The monoisotopic (exact) mass is 354 g/mol. The van der Waals surface area contributed by atoms with Gasteiger partial charge < -0.3 is 10.1 Å². The van der Waals surface area contributed by atoms with Crippen molar-refractivity contribution in [2.45, 2.75) is 19.4 Å². The largest absolute Gasteiger partial charge is 0.492 e. The number of rotatable bonds is 8. The Kier molecular flexibility index (Phi) is 5.92. The minimum Gasteiger partial charge on any atom is -0.492 e. The number of anilines is 1. The number of carbonyl (C=O) groups is 1. The van der Waals surface area contributed by atoms with Crippen LogP contribution in [0.4, 0.5) is 10.1 Å². The molecule has 2 aromatic carbocycles. The minimum absolute atomic E-state index is 0.103. The molecular formula is C19H19FN4O2. The Bertz CT molecular complexity index is 835. The first-order valence-electron chi connectivity index (χ1n) is 8.28. The third-order valence-corrected chi connectivity index (χ3v) is 3.73. The fourth-order valence-corrected chi connectivity index (χ4v) is 2.40. The second-order valence-electron chi connectivity index (χ2n) is 5.71. The van der Waals surface area contributed by atoms with Gasteiger partial charge in [0.1, 0.15) is 30.8 Å². The van der Waals surface area contributed by atoms with E-state index in [1.54, 1.807) is 35.3 Å². The summed E-state index contributed by atoms with van der Waals surface area (Å²) in [5.41, 5.74) is 1.60. The summed E-state index contributed by atoms with van der Waals surface area (Å²) in [6.07, 6.45) is 3.98. The fraction of sp³-hybridized carbons (Fsp3) is 0.211. The Morgan fingerprint density at radius 2 is 2.04 bits per heavy atom. The van der Waals surface area contributed by atoms with E-state index in [0.717, 1.165) is 5.56 Å². The average molecular weight is 354 g/mol. The second-order valence-corrected chi connectivity index (χ2v) is 5.71. The first-order valence-corrected chi connectivity index (χ1v) is 8.28. The summed E-state index contributed by atoms with van der Waals surface area (Å²) in [5.74, 6) is 0.286. The highest BCUT2D eigenvalue weighted by atomic mass is 19.1. The molecule has 0 aliphatic rings. The lowest BCUT2D eigenvalue weighted by molar-refractivity contribution is -0.116. The van der Waals surface area contributed by atoms with E-state index in [2.05, 4.69) is 15.4 Å². The zero-order valence-electron chi connectivity index (χ0n) is 14.1. The topological polar surface area (TPSA) is 69.0 Å². The van der Waals surface area contributed by atoms with Gasteiger partial charge in [0.2, 0.25) is 5.91 Å². The van der Waals surface area contributed by atoms with E-state index in [1.165, 1.54) is 18.5 Å². The molecule has 1 aromatic heterocycles. The van der Waals surface area contributed by atoms with Crippen LogP contribution >= 0.6 is 0 Å². The summed E-state index contributed by atoms with van der Waals surface area (Å²) >= 11 is 0. The Balaban J connectivity index is 1.46. The number of hydrogen-bond donors (Lipinski definition) is 1. The van der Waals surface area contributed by atoms with Crippen LogP contribution in [-0.2, 0) is 17.8 Å². The molecule has 0 aliphatic heterocycles. The predicted molar refractivity (Wildman–Crippen MR) is 95.3 cm³/mol. The van der Waals surface area contributed by atoms with Gasteiger partial charge in [-0.15, -0.1) is 0 Å². The minimum atomic E-state index is -0.279. The van der Waals surface area contributed by atoms with Gasteiger partial charge in [0.05, 0.1) is 6.54 Å². The summed E-state index contributed by atoms with van der Waals surface area (Å²) in [6.45, 7) is 1.04. The van der Waals surface area contributed by atoms with Crippen molar-refractivity contribution < 1.29 is 13.9 Å². The number of nitrogens with zero attached hydrogens (tertiary/aromatic N) is 3. The first-order chi connectivity index (χ1) is 12.7. The lowest BCUT2D eigenvalue weighted by Crippen LogP contribution is -2.12. The number of ether oxygens (including phenoxy) is 1. The summed E-state index contributed by atoms with van der Waals surface area (Å²) in [4.78, 5) is 16.0. The second kappa shape index (κ2) is 8.75. The molecule has 1 N–H and O–H groups in total. The van der Waals surface area contributed by atoms with Crippen LogP contribution in [0.3, 0.4) is 0 Å². The van der Waals surface area contributed by atoms with Crippen molar-refractivity contribution in [1.82, 2.24) is 14.8 Å². The van der Waals surface area contributed by atoms with Gasteiger partial charge >= 0.3 is 0 Å². The Hall–Kier alpha value is -3.22. The van der Waals surface area contributed by atoms with Crippen molar-refractivity contribution in [3.8, 4) is 5.75 Å². The summed E-state index contributed by atoms with van der Waals surface area (Å²) in [6, 6.07) is 13.4. The molecular weight excluding hydrogens is 335 g/mol. The van der Waals surface area contributed by atoms with Gasteiger partial charge in [-0.25, -0.2) is 14.1 Å². The maximum Gasteiger partial charge on any atom is 0.224 e. The maximum atomic E-state index is 12.9. The van der Waals surface area contributed by atoms with Gasteiger partial charge in [0.15, 0.2) is 0 Å². The predicted octanol–water partition coefficient (Wildman–Crippen LogP) is 3.07. The number of benzene rings is 2. The van der Waals surface area contributed by atoms with Gasteiger partial charge in [-0.1, -0.05) is 18.2 Å². The molecule has 1 heterocycles. The van der Waals surface area contributed by atoms with Crippen LogP contribution in [0.1, 0.15) is 12.0 Å². The van der Waals surface area contributed by atoms with Crippen LogP contribution in [0.25, 0.3) is 0 Å². The zero-order chi connectivity index (χ0) is 18.2. The number of aryl methyl sites for hydroxylation is 1. The molecule has 134 valence electrons. The van der Waals surface area contributed by atoms with Gasteiger partial charge in [-0.3, -0.25) is 4.79 Å². The molecule has 26 heavy (non-hydrogen) atoms. The van der Waals surface area contributed by atoms with Gasteiger partial charge in [0, 0.05) is 18.2 Å². The van der Waals surface area contributed by atoms with E-state index in [-0.39, 0.29) is 11.7 Å². The zero-order valence-corrected chi connectivity index (χ0v) is 14.1. The summed E-state index contributed by atoms with van der Waals surface area (Å²) < 4.78 is 20.2. The third-order valence-electron chi connectivity index (χ3n) is 3.73. The molecule has 0 saturated carbocycles. The molecule has 3 rings (SSSR count). The van der Waals surface area contributed by atoms with Crippen molar-refractivity contribution in [3.05, 3.63) is 72.6 Å². The summed E-state index contributed by atoms with van der Waals surface area (Å²) in [5, 5.41) is 6.85. The average Bonchev–Trinajstić information content (AvgIpc) is 3.15. The van der Waals surface area contributed by atoms with Crippen LogP contribution in [0.2, 0.25) is 0 Å². The Morgan fingerprint density at radius 3 is 2.81 bits per heavy atom. The molecule has 0 unspecified atom stereocenters. The molecule has 7 heteroatoms. The van der Waals surface area contributed by atoms with Crippen molar-refractivity contribution in [1.29, 1.82) is 0 Å². The number of halogens is 1. The molecule has 3 aromatic rings. The van der Waals surface area contributed by atoms with Crippen molar-refractivity contribution in [2.75, 3.05) is 11.9 Å². The molecule has 0 saturated heterocycles.